The molecular weight excluding hydrogens is 500 g/mol. The van der Waals surface area contributed by atoms with Gasteiger partial charge >= 0.3 is 5.24 Å². The van der Waals surface area contributed by atoms with Gasteiger partial charge in [0.2, 0.25) is 0 Å². The number of non-ortho nitro benzene ring substituents is 4. The zero-order valence-corrected chi connectivity index (χ0v) is 17.5. The summed E-state index contributed by atoms with van der Waals surface area (Å²) in [6.45, 7) is 0. The molecule has 0 radical (unpaired) electrons. The van der Waals surface area contributed by atoms with Crippen LogP contribution in [0.15, 0.2) is 36.4 Å². The zero-order valence-electron chi connectivity index (χ0n) is 16.7. The molecule has 2 aromatic rings. The lowest BCUT2D eigenvalue weighted by Crippen LogP contribution is -2.42. The normalized spacial score (nSPS) is 10.1. The summed E-state index contributed by atoms with van der Waals surface area (Å²) in [6.07, 6.45) is 0. The number of nitrogens with one attached hydrogen (secondary N) is 4. The minimum atomic E-state index is -1.14. The Hall–Kier alpha value is -5.24. The van der Waals surface area contributed by atoms with Crippen molar-refractivity contribution in [3.63, 3.8) is 0 Å². The number of amides is 3. The van der Waals surface area contributed by atoms with Crippen molar-refractivity contribution in [3.8, 4) is 0 Å². The van der Waals surface area contributed by atoms with Crippen LogP contribution in [0, 0.1) is 40.5 Å². The van der Waals surface area contributed by atoms with E-state index in [4.69, 9.17) is 0 Å². The number of nitro groups is 4. The average Bonchev–Trinajstić information content (AvgIpc) is 2.81. The Morgan fingerprint density at radius 1 is 0.571 bits per heavy atom. The van der Waals surface area contributed by atoms with Crippen molar-refractivity contribution in [2.75, 3.05) is 0 Å². The van der Waals surface area contributed by atoms with Crippen molar-refractivity contribution < 1.29 is 34.1 Å². The Labute approximate surface area is 195 Å². The van der Waals surface area contributed by atoms with E-state index in [2.05, 4.69) is 0 Å². The van der Waals surface area contributed by atoms with Crippen molar-refractivity contribution in [2.45, 2.75) is 0 Å². The first-order valence-electron chi connectivity index (χ1n) is 8.59. The topological polar surface area (TPSA) is 272 Å². The highest BCUT2D eigenvalue weighted by molar-refractivity contribution is 8.11. The highest BCUT2D eigenvalue weighted by Gasteiger charge is 2.21. The van der Waals surface area contributed by atoms with E-state index in [0.717, 1.165) is 24.3 Å². The fourth-order valence-electron chi connectivity index (χ4n) is 2.27. The third kappa shape index (κ3) is 7.13. The largest absolute Gasteiger partial charge is 0.314 e. The maximum atomic E-state index is 12.1. The highest BCUT2D eigenvalue weighted by Crippen LogP contribution is 2.23. The van der Waals surface area contributed by atoms with Crippen LogP contribution in [0.4, 0.5) is 27.5 Å². The van der Waals surface area contributed by atoms with Crippen molar-refractivity contribution in [1.29, 1.82) is 0 Å². The third-order valence-corrected chi connectivity index (χ3v) is 4.25. The van der Waals surface area contributed by atoms with E-state index in [1.54, 1.807) is 0 Å². The maximum absolute atomic E-state index is 12.1. The summed E-state index contributed by atoms with van der Waals surface area (Å²) in [6, 6.07) is 4.26. The third-order valence-electron chi connectivity index (χ3n) is 3.76. The van der Waals surface area contributed by atoms with Crippen LogP contribution in [0.1, 0.15) is 20.7 Å². The van der Waals surface area contributed by atoms with Crippen LogP contribution in [-0.4, -0.2) is 36.7 Å². The van der Waals surface area contributed by atoms with Crippen molar-refractivity contribution >= 4 is 51.8 Å². The molecule has 0 aliphatic heterocycles. The summed E-state index contributed by atoms with van der Waals surface area (Å²) in [5.74, 6) is -2.22. The van der Waals surface area contributed by atoms with E-state index in [1.807, 2.05) is 21.1 Å². The van der Waals surface area contributed by atoms with Gasteiger partial charge in [-0.2, -0.15) is 4.83 Å². The summed E-state index contributed by atoms with van der Waals surface area (Å²) >= 11 is 0.143. The van der Waals surface area contributed by atoms with Crippen LogP contribution in [0.2, 0.25) is 0 Å². The van der Waals surface area contributed by atoms with E-state index >= 15 is 0 Å². The zero-order chi connectivity index (χ0) is 26.3. The fraction of sp³-hybridized carbons (Fsp3) is 0. The number of benzene rings is 2. The molecule has 0 aliphatic carbocycles. The molecule has 2 aromatic carbocycles. The fourth-order valence-corrected chi connectivity index (χ4v) is 2.61. The standard InChI is InChI=1S/C15H10N8O11S/c24-13(7-1-9(20(27)28)5-10(2-7)21(29)30)16-18-15(26)35-19-17-14(25)8-3-11(22(31)32)6-12(4-8)23(33)34/h1-6,19H,(H,16,24)(H,17,25)(H,18,26). The molecule has 3 amide bonds. The second kappa shape index (κ2) is 11.1. The molecule has 4 N–H and O–H groups in total. The number of carbonyl (C=O) groups excluding carboxylic acids is 3. The molecule has 2 rings (SSSR count). The maximum Gasteiger partial charge on any atom is 0.314 e. The Morgan fingerprint density at radius 3 is 1.26 bits per heavy atom. The Balaban J connectivity index is 1.95. The van der Waals surface area contributed by atoms with Crippen LogP contribution in [0.3, 0.4) is 0 Å². The summed E-state index contributed by atoms with van der Waals surface area (Å²) in [7, 11) is 0. The lowest BCUT2D eigenvalue weighted by Gasteiger charge is -2.08. The van der Waals surface area contributed by atoms with Gasteiger partial charge < -0.3 is 0 Å². The molecule has 182 valence electrons. The SMILES string of the molecule is O=C(NNC(=O)c1cc([N+](=O)[O-])cc([N+](=O)[O-])c1)SNNC(=O)c1cc([N+](=O)[O-])cc([N+](=O)[O-])c1. The first kappa shape index (κ1) is 26.0. The molecule has 20 heteroatoms. The number of nitro benzene ring substituents is 4. The van der Waals surface area contributed by atoms with Gasteiger partial charge in [0.15, 0.2) is 0 Å². The number of rotatable bonds is 8. The minimum Gasteiger partial charge on any atom is -0.277 e. The van der Waals surface area contributed by atoms with Gasteiger partial charge in [0.1, 0.15) is 0 Å². The van der Waals surface area contributed by atoms with E-state index in [-0.39, 0.29) is 11.9 Å². The summed E-state index contributed by atoms with van der Waals surface area (Å²) < 4.78 is 0. The van der Waals surface area contributed by atoms with Gasteiger partial charge in [-0.25, -0.2) is 0 Å². The van der Waals surface area contributed by atoms with Gasteiger partial charge in [0.25, 0.3) is 34.6 Å². The van der Waals surface area contributed by atoms with E-state index in [0.29, 0.717) is 12.1 Å². The molecule has 0 aromatic heterocycles. The molecule has 0 fully saturated rings. The molecular formula is C15H10N8O11S. The van der Waals surface area contributed by atoms with Crippen LogP contribution in [-0.2, 0) is 0 Å². The Bertz CT molecular complexity index is 1200. The molecule has 0 aliphatic rings. The Morgan fingerprint density at radius 2 is 0.914 bits per heavy atom. The van der Waals surface area contributed by atoms with Crippen molar-refractivity contribution in [1.82, 2.24) is 21.1 Å². The average molecular weight is 510 g/mol. The van der Waals surface area contributed by atoms with Gasteiger partial charge in [-0.15, -0.1) is 0 Å². The number of carbonyl (C=O) groups is 3. The first-order valence-corrected chi connectivity index (χ1v) is 9.41. The highest BCUT2D eigenvalue weighted by atomic mass is 32.2. The number of hydrogen-bond acceptors (Lipinski definition) is 13. The van der Waals surface area contributed by atoms with Gasteiger partial charge in [-0.1, -0.05) is 0 Å². The van der Waals surface area contributed by atoms with Crippen LogP contribution >= 0.6 is 11.9 Å². The summed E-state index contributed by atoms with van der Waals surface area (Å²) in [5, 5.41) is 42.4. The van der Waals surface area contributed by atoms with Gasteiger partial charge in [0, 0.05) is 36.2 Å². The molecule has 35 heavy (non-hydrogen) atoms. The van der Waals surface area contributed by atoms with Gasteiger partial charge in [-0.3, -0.25) is 71.1 Å². The molecule has 19 nitrogen and oxygen atoms in total. The number of hydrogen-bond donors (Lipinski definition) is 4. The van der Waals surface area contributed by atoms with Crippen molar-refractivity contribution in [3.05, 3.63) is 88.0 Å². The predicted octanol–water partition coefficient (Wildman–Crippen LogP) is 1.26. The molecule has 0 unspecified atom stereocenters. The molecule has 0 bridgehead atoms. The second-order valence-electron chi connectivity index (χ2n) is 6.03. The quantitative estimate of drug-likeness (QED) is 0.221. The summed E-state index contributed by atoms with van der Waals surface area (Å²) in [4.78, 5) is 77.6. The van der Waals surface area contributed by atoms with Crippen LogP contribution in [0.25, 0.3) is 0 Å². The van der Waals surface area contributed by atoms with Crippen LogP contribution < -0.4 is 21.1 Å². The van der Waals surface area contributed by atoms with E-state index in [1.165, 1.54) is 0 Å². The molecule has 0 saturated carbocycles. The smallest absolute Gasteiger partial charge is 0.277 e. The first-order chi connectivity index (χ1) is 16.4. The van der Waals surface area contributed by atoms with Crippen molar-refractivity contribution in [2.24, 2.45) is 0 Å². The second-order valence-corrected chi connectivity index (χ2v) is 6.81. The number of nitrogens with zero attached hydrogens (tertiary/aromatic N) is 4. The lowest BCUT2D eigenvalue weighted by atomic mass is 10.1. The van der Waals surface area contributed by atoms with Gasteiger partial charge in [0.05, 0.1) is 43.0 Å². The monoisotopic (exact) mass is 510 g/mol. The lowest BCUT2D eigenvalue weighted by molar-refractivity contribution is -0.394. The molecule has 0 atom stereocenters. The van der Waals surface area contributed by atoms with E-state index < -0.39 is 70.6 Å². The molecule has 0 spiro atoms. The number of hydrazine groups is 2. The molecule has 0 heterocycles. The Kier molecular flexibility index (Phi) is 8.22. The molecule has 0 saturated heterocycles. The summed E-state index contributed by atoms with van der Waals surface area (Å²) in [5.41, 5.74) is 1.68. The van der Waals surface area contributed by atoms with Crippen LogP contribution in [0.5, 0.6) is 0 Å². The van der Waals surface area contributed by atoms with Gasteiger partial charge in [-0.05, 0) is 0 Å². The minimum absolute atomic E-state index is 0.143. The van der Waals surface area contributed by atoms with E-state index in [9.17, 15) is 54.8 Å². The predicted molar refractivity (Wildman–Crippen MR) is 114 cm³/mol.